The minimum Gasteiger partial charge on any atom is -0.386 e. The summed E-state index contributed by atoms with van der Waals surface area (Å²) >= 11 is 5.83. The lowest BCUT2D eigenvalue weighted by Gasteiger charge is -2.05. The SMILES string of the molecule is OC(c1ccn(-c2ccc(Cl)cc2)n1)C1CC1. The summed E-state index contributed by atoms with van der Waals surface area (Å²) in [6.07, 6.45) is 3.66. The lowest BCUT2D eigenvalue weighted by Crippen LogP contribution is -2.02. The first kappa shape index (κ1) is 10.8. The summed E-state index contributed by atoms with van der Waals surface area (Å²) in [6.45, 7) is 0. The van der Waals surface area contributed by atoms with E-state index in [0.29, 0.717) is 10.9 Å². The van der Waals surface area contributed by atoms with Crippen molar-refractivity contribution >= 4 is 11.6 Å². The summed E-state index contributed by atoms with van der Waals surface area (Å²) in [7, 11) is 0. The van der Waals surface area contributed by atoms with E-state index in [1.54, 1.807) is 4.68 Å². The Labute approximate surface area is 105 Å². The molecule has 1 unspecified atom stereocenters. The number of aliphatic hydroxyl groups is 1. The van der Waals surface area contributed by atoms with Crippen LogP contribution < -0.4 is 0 Å². The second-order valence-electron chi connectivity index (χ2n) is 4.44. The Hall–Kier alpha value is -1.32. The molecule has 4 heteroatoms. The molecule has 1 N–H and O–H groups in total. The fraction of sp³-hybridized carbons (Fsp3) is 0.308. The van der Waals surface area contributed by atoms with Crippen molar-refractivity contribution in [3.8, 4) is 5.69 Å². The monoisotopic (exact) mass is 248 g/mol. The second-order valence-corrected chi connectivity index (χ2v) is 4.88. The molecule has 1 aliphatic rings. The molecule has 0 saturated heterocycles. The molecule has 1 aliphatic carbocycles. The van der Waals surface area contributed by atoms with Crippen LogP contribution in [0.25, 0.3) is 5.69 Å². The zero-order chi connectivity index (χ0) is 11.8. The molecule has 0 amide bonds. The first-order valence-electron chi connectivity index (χ1n) is 5.73. The molecular weight excluding hydrogens is 236 g/mol. The Morgan fingerprint density at radius 1 is 1.24 bits per heavy atom. The van der Waals surface area contributed by atoms with Crippen molar-refractivity contribution in [2.45, 2.75) is 18.9 Å². The van der Waals surface area contributed by atoms with Crippen molar-refractivity contribution in [2.24, 2.45) is 5.92 Å². The third-order valence-corrected chi connectivity index (χ3v) is 3.32. The third-order valence-electron chi connectivity index (χ3n) is 3.07. The molecule has 0 aliphatic heterocycles. The number of aromatic nitrogens is 2. The van der Waals surface area contributed by atoms with Crippen LogP contribution in [0.4, 0.5) is 0 Å². The maximum Gasteiger partial charge on any atom is 0.101 e. The van der Waals surface area contributed by atoms with Crippen molar-refractivity contribution in [2.75, 3.05) is 0 Å². The standard InChI is InChI=1S/C13H13ClN2O/c14-10-3-5-11(6-4-10)16-8-7-12(15-16)13(17)9-1-2-9/h3-9,13,17H,1-2H2. The van der Waals surface area contributed by atoms with Gasteiger partial charge >= 0.3 is 0 Å². The summed E-state index contributed by atoms with van der Waals surface area (Å²) in [5.74, 6) is 0.406. The normalized spacial score (nSPS) is 17.1. The van der Waals surface area contributed by atoms with E-state index in [2.05, 4.69) is 5.10 Å². The highest BCUT2D eigenvalue weighted by molar-refractivity contribution is 6.30. The molecule has 0 radical (unpaired) electrons. The van der Waals surface area contributed by atoms with Gasteiger partial charge in [0.05, 0.1) is 11.4 Å². The van der Waals surface area contributed by atoms with E-state index in [0.717, 1.165) is 24.2 Å². The van der Waals surface area contributed by atoms with E-state index < -0.39 is 6.10 Å². The lowest BCUT2D eigenvalue weighted by atomic mass is 10.2. The second kappa shape index (κ2) is 4.17. The summed E-state index contributed by atoms with van der Waals surface area (Å²) in [4.78, 5) is 0. The summed E-state index contributed by atoms with van der Waals surface area (Å²) in [5.41, 5.74) is 1.70. The van der Waals surface area contributed by atoms with Crippen LogP contribution in [-0.2, 0) is 0 Å². The van der Waals surface area contributed by atoms with Crippen molar-refractivity contribution in [1.82, 2.24) is 9.78 Å². The van der Waals surface area contributed by atoms with E-state index in [1.165, 1.54) is 0 Å². The zero-order valence-corrected chi connectivity index (χ0v) is 10.0. The average Bonchev–Trinajstić information content (AvgIpc) is 3.07. The fourth-order valence-electron chi connectivity index (χ4n) is 1.89. The van der Waals surface area contributed by atoms with Crippen LogP contribution in [0.2, 0.25) is 5.02 Å². The first-order valence-corrected chi connectivity index (χ1v) is 6.11. The van der Waals surface area contributed by atoms with Gasteiger partial charge in [-0.3, -0.25) is 0 Å². The molecule has 1 heterocycles. The van der Waals surface area contributed by atoms with Crippen molar-refractivity contribution < 1.29 is 5.11 Å². The van der Waals surface area contributed by atoms with E-state index in [1.807, 2.05) is 36.5 Å². The van der Waals surface area contributed by atoms with Gasteiger partial charge in [-0.05, 0) is 49.1 Å². The van der Waals surface area contributed by atoms with Gasteiger partial charge < -0.3 is 5.11 Å². The maximum absolute atomic E-state index is 9.97. The summed E-state index contributed by atoms with van der Waals surface area (Å²) < 4.78 is 1.76. The molecule has 3 rings (SSSR count). The highest BCUT2D eigenvalue weighted by atomic mass is 35.5. The predicted octanol–water partition coefficient (Wildman–Crippen LogP) is 2.97. The molecule has 1 saturated carbocycles. The van der Waals surface area contributed by atoms with Crippen LogP contribution in [-0.4, -0.2) is 14.9 Å². The Balaban J connectivity index is 1.86. The van der Waals surface area contributed by atoms with Crippen LogP contribution in [0.5, 0.6) is 0 Å². The van der Waals surface area contributed by atoms with Gasteiger partial charge in [0.1, 0.15) is 6.10 Å². The number of halogens is 1. The fourth-order valence-corrected chi connectivity index (χ4v) is 2.01. The summed E-state index contributed by atoms with van der Waals surface area (Å²) in [6, 6.07) is 9.34. The molecule has 0 spiro atoms. The first-order chi connectivity index (χ1) is 8.24. The zero-order valence-electron chi connectivity index (χ0n) is 9.25. The van der Waals surface area contributed by atoms with E-state index in [9.17, 15) is 5.11 Å². The van der Waals surface area contributed by atoms with Crippen LogP contribution in [0, 0.1) is 5.92 Å². The summed E-state index contributed by atoms with van der Waals surface area (Å²) in [5, 5.41) is 15.1. The number of hydrogen-bond donors (Lipinski definition) is 1. The van der Waals surface area contributed by atoms with Gasteiger partial charge in [0, 0.05) is 11.2 Å². The molecular formula is C13H13ClN2O. The minimum atomic E-state index is -0.413. The van der Waals surface area contributed by atoms with E-state index in [4.69, 9.17) is 11.6 Å². The van der Waals surface area contributed by atoms with Crippen molar-refractivity contribution in [3.63, 3.8) is 0 Å². The number of hydrogen-bond acceptors (Lipinski definition) is 2. The largest absolute Gasteiger partial charge is 0.386 e. The molecule has 2 aromatic rings. The molecule has 1 aromatic heterocycles. The Kier molecular flexibility index (Phi) is 2.65. The minimum absolute atomic E-state index is 0.406. The third kappa shape index (κ3) is 2.21. The lowest BCUT2D eigenvalue weighted by molar-refractivity contribution is 0.148. The number of rotatable bonds is 3. The molecule has 1 fully saturated rings. The van der Waals surface area contributed by atoms with Crippen LogP contribution in [0.15, 0.2) is 36.5 Å². The van der Waals surface area contributed by atoms with Gasteiger partial charge in [0.2, 0.25) is 0 Å². The molecule has 17 heavy (non-hydrogen) atoms. The van der Waals surface area contributed by atoms with E-state index in [-0.39, 0.29) is 0 Å². The van der Waals surface area contributed by atoms with Crippen molar-refractivity contribution in [1.29, 1.82) is 0 Å². The number of aliphatic hydroxyl groups excluding tert-OH is 1. The van der Waals surface area contributed by atoms with Crippen LogP contribution >= 0.6 is 11.6 Å². The quantitative estimate of drug-likeness (QED) is 0.907. The molecule has 0 bridgehead atoms. The van der Waals surface area contributed by atoms with Gasteiger partial charge in [-0.1, -0.05) is 11.6 Å². The number of benzene rings is 1. The van der Waals surface area contributed by atoms with Gasteiger partial charge in [-0.25, -0.2) is 4.68 Å². The maximum atomic E-state index is 9.97. The Morgan fingerprint density at radius 3 is 2.59 bits per heavy atom. The average molecular weight is 249 g/mol. The smallest absolute Gasteiger partial charge is 0.101 e. The Morgan fingerprint density at radius 2 is 1.94 bits per heavy atom. The molecule has 88 valence electrons. The van der Waals surface area contributed by atoms with Gasteiger partial charge in [-0.2, -0.15) is 5.10 Å². The van der Waals surface area contributed by atoms with Crippen LogP contribution in [0.3, 0.4) is 0 Å². The van der Waals surface area contributed by atoms with Gasteiger partial charge in [0.15, 0.2) is 0 Å². The van der Waals surface area contributed by atoms with Gasteiger partial charge in [-0.15, -0.1) is 0 Å². The molecule has 1 atom stereocenters. The molecule has 1 aromatic carbocycles. The topological polar surface area (TPSA) is 38.0 Å². The number of nitrogens with zero attached hydrogens (tertiary/aromatic N) is 2. The predicted molar refractivity (Wildman–Crippen MR) is 66.3 cm³/mol. The molecule has 3 nitrogen and oxygen atoms in total. The highest BCUT2D eigenvalue weighted by Gasteiger charge is 2.32. The van der Waals surface area contributed by atoms with E-state index >= 15 is 0 Å². The Bertz CT molecular complexity index is 516. The van der Waals surface area contributed by atoms with Crippen LogP contribution in [0.1, 0.15) is 24.6 Å². The van der Waals surface area contributed by atoms with Crippen molar-refractivity contribution in [3.05, 3.63) is 47.2 Å². The highest BCUT2D eigenvalue weighted by Crippen LogP contribution is 2.40. The van der Waals surface area contributed by atoms with Gasteiger partial charge in [0.25, 0.3) is 0 Å².